The van der Waals surface area contributed by atoms with E-state index in [4.69, 9.17) is 11.6 Å². The third kappa shape index (κ3) is 3.25. The van der Waals surface area contributed by atoms with Gasteiger partial charge in [0, 0.05) is 17.6 Å². The summed E-state index contributed by atoms with van der Waals surface area (Å²) in [6.07, 6.45) is 3.54. The standard InChI is InChI=1S/C15H23ClN2/c1-3-12-5-4-6-15(16)14(12)11-18-9-7-13(17-2)8-10-18/h4-6,13,17H,3,7-11H2,1-2H3. The zero-order valence-electron chi connectivity index (χ0n) is 11.4. The Labute approximate surface area is 115 Å². The summed E-state index contributed by atoms with van der Waals surface area (Å²) in [4.78, 5) is 2.52. The van der Waals surface area contributed by atoms with Crippen LogP contribution in [0.5, 0.6) is 0 Å². The number of halogens is 1. The number of benzene rings is 1. The molecule has 1 aromatic rings. The molecule has 0 amide bonds. The number of nitrogens with one attached hydrogen (secondary N) is 1. The van der Waals surface area contributed by atoms with Crippen LogP contribution in [-0.4, -0.2) is 31.1 Å². The van der Waals surface area contributed by atoms with Crippen molar-refractivity contribution in [1.82, 2.24) is 10.2 Å². The molecule has 1 saturated heterocycles. The topological polar surface area (TPSA) is 15.3 Å². The highest BCUT2D eigenvalue weighted by Crippen LogP contribution is 2.24. The van der Waals surface area contributed by atoms with Crippen LogP contribution in [-0.2, 0) is 13.0 Å². The van der Waals surface area contributed by atoms with E-state index in [1.54, 1.807) is 0 Å². The molecular formula is C15H23ClN2. The number of nitrogens with zero attached hydrogens (tertiary/aromatic N) is 1. The lowest BCUT2D eigenvalue weighted by Crippen LogP contribution is -2.40. The second kappa shape index (κ2) is 6.55. The Bertz CT molecular complexity index is 384. The fraction of sp³-hybridized carbons (Fsp3) is 0.600. The van der Waals surface area contributed by atoms with Crippen LogP contribution in [0, 0.1) is 0 Å². The molecule has 1 aromatic carbocycles. The van der Waals surface area contributed by atoms with E-state index >= 15 is 0 Å². The van der Waals surface area contributed by atoms with Crippen molar-refractivity contribution in [3.8, 4) is 0 Å². The molecule has 18 heavy (non-hydrogen) atoms. The Kier molecular flexibility index (Phi) is 5.04. The molecule has 0 aliphatic carbocycles. The maximum absolute atomic E-state index is 6.34. The lowest BCUT2D eigenvalue weighted by Gasteiger charge is -2.32. The lowest BCUT2D eigenvalue weighted by atomic mass is 10.0. The van der Waals surface area contributed by atoms with E-state index < -0.39 is 0 Å². The molecule has 0 unspecified atom stereocenters. The fourth-order valence-corrected chi connectivity index (χ4v) is 2.97. The minimum Gasteiger partial charge on any atom is -0.317 e. The van der Waals surface area contributed by atoms with Gasteiger partial charge in [-0.3, -0.25) is 4.90 Å². The van der Waals surface area contributed by atoms with E-state index in [9.17, 15) is 0 Å². The van der Waals surface area contributed by atoms with Crippen molar-refractivity contribution in [2.45, 2.75) is 38.8 Å². The molecule has 2 rings (SSSR count). The van der Waals surface area contributed by atoms with E-state index in [0.717, 1.165) is 18.0 Å². The van der Waals surface area contributed by atoms with Gasteiger partial charge in [0.2, 0.25) is 0 Å². The maximum atomic E-state index is 6.34. The van der Waals surface area contributed by atoms with Gasteiger partial charge < -0.3 is 5.32 Å². The average molecular weight is 267 g/mol. The van der Waals surface area contributed by atoms with Gasteiger partial charge in [0.15, 0.2) is 0 Å². The van der Waals surface area contributed by atoms with Crippen molar-refractivity contribution in [2.24, 2.45) is 0 Å². The van der Waals surface area contributed by atoms with Gasteiger partial charge in [-0.15, -0.1) is 0 Å². The fourth-order valence-electron chi connectivity index (χ4n) is 2.71. The summed E-state index contributed by atoms with van der Waals surface area (Å²) in [6, 6.07) is 6.95. The SMILES string of the molecule is CCc1cccc(Cl)c1CN1CCC(NC)CC1. The summed E-state index contributed by atoms with van der Waals surface area (Å²) < 4.78 is 0. The van der Waals surface area contributed by atoms with Gasteiger partial charge in [-0.05, 0) is 56.6 Å². The normalized spacial score (nSPS) is 18.2. The first-order valence-corrected chi connectivity index (χ1v) is 7.28. The molecular weight excluding hydrogens is 244 g/mol. The monoisotopic (exact) mass is 266 g/mol. The van der Waals surface area contributed by atoms with Crippen LogP contribution in [0.15, 0.2) is 18.2 Å². The summed E-state index contributed by atoms with van der Waals surface area (Å²) in [7, 11) is 2.06. The van der Waals surface area contributed by atoms with Crippen LogP contribution in [0.2, 0.25) is 5.02 Å². The number of likely N-dealkylation sites (tertiary alicyclic amines) is 1. The summed E-state index contributed by atoms with van der Waals surface area (Å²) in [6.45, 7) is 5.53. The molecule has 2 nitrogen and oxygen atoms in total. The van der Waals surface area contributed by atoms with Crippen LogP contribution in [0.4, 0.5) is 0 Å². The quantitative estimate of drug-likeness (QED) is 0.901. The van der Waals surface area contributed by atoms with Crippen LogP contribution in [0.25, 0.3) is 0 Å². The summed E-state index contributed by atoms with van der Waals surface area (Å²) in [5.41, 5.74) is 2.71. The first kappa shape index (κ1) is 13.9. The lowest BCUT2D eigenvalue weighted by molar-refractivity contribution is 0.194. The molecule has 1 fully saturated rings. The van der Waals surface area contributed by atoms with Gasteiger partial charge in [0.05, 0.1) is 0 Å². The summed E-state index contributed by atoms with van der Waals surface area (Å²) in [5, 5.41) is 4.29. The van der Waals surface area contributed by atoms with Crippen molar-refractivity contribution in [3.05, 3.63) is 34.3 Å². The van der Waals surface area contributed by atoms with Crippen molar-refractivity contribution < 1.29 is 0 Å². The van der Waals surface area contributed by atoms with Gasteiger partial charge in [0.1, 0.15) is 0 Å². The number of rotatable bonds is 4. The Morgan fingerprint density at radius 1 is 1.33 bits per heavy atom. The van der Waals surface area contributed by atoms with Gasteiger partial charge >= 0.3 is 0 Å². The average Bonchev–Trinajstić information content (AvgIpc) is 2.42. The van der Waals surface area contributed by atoms with Crippen LogP contribution < -0.4 is 5.32 Å². The third-order valence-corrected chi connectivity index (χ3v) is 4.33. The Morgan fingerprint density at radius 2 is 2.06 bits per heavy atom. The molecule has 0 radical (unpaired) electrons. The van der Waals surface area contributed by atoms with Gasteiger partial charge in [0.25, 0.3) is 0 Å². The minimum atomic E-state index is 0.693. The Balaban J connectivity index is 2.02. The largest absolute Gasteiger partial charge is 0.317 e. The molecule has 1 heterocycles. The molecule has 1 N–H and O–H groups in total. The number of piperidine rings is 1. The maximum Gasteiger partial charge on any atom is 0.0453 e. The minimum absolute atomic E-state index is 0.693. The van der Waals surface area contributed by atoms with E-state index in [2.05, 4.69) is 36.3 Å². The van der Waals surface area contributed by atoms with E-state index in [1.807, 2.05) is 6.07 Å². The highest BCUT2D eigenvalue weighted by Gasteiger charge is 2.19. The van der Waals surface area contributed by atoms with Gasteiger partial charge in [-0.1, -0.05) is 30.7 Å². The van der Waals surface area contributed by atoms with Crippen LogP contribution in [0.3, 0.4) is 0 Å². The van der Waals surface area contributed by atoms with E-state index in [0.29, 0.717) is 6.04 Å². The van der Waals surface area contributed by atoms with Gasteiger partial charge in [-0.2, -0.15) is 0 Å². The van der Waals surface area contributed by atoms with Crippen molar-refractivity contribution in [3.63, 3.8) is 0 Å². The van der Waals surface area contributed by atoms with E-state index in [-0.39, 0.29) is 0 Å². The highest BCUT2D eigenvalue weighted by molar-refractivity contribution is 6.31. The number of hydrogen-bond acceptors (Lipinski definition) is 2. The highest BCUT2D eigenvalue weighted by atomic mass is 35.5. The summed E-state index contributed by atoms with van der Waals surface area (Å²) in [5.74, 6) is 0. The molecule has 1 aliphatic heterocycles. The molecule has 0 atom stereocenters. The smallest absolute Gasteiger partial charge is 0.0453 e. The molecule has 3 heteroatoms. The molecule has 0 aromatic heterocycles. The zero-order chi connectivity index (χ0) is 13.0. The van der Waals surface area contributed by atoms with Crippen molar-refractivity contribution in [1.29, 1.82) is 0 Å². The third-order valence-electron chi connectivity index (χ3n) is 3.97. The summed E-state index contributed by atoms with van der Waals surface area (Å²) >= 11 is 6.34. The van der Waals surface area contributed by atoms with E-state index in [1.165, 1.54) is 37.1 Å². The zero-order valence-corrected chi connectivity index (χ0v) is 12.1. The predicted octanol–water partition coefficient (Wildman–Crippen LogP) is 3.09. The predicted molar refractivity (Wildman–Crippen MR) is 78.2 cm³/mol. The Hall–Kier alpha value is -0.570. The van der Waals surface area contributed by atoms with Crippen LogP contribution in [0.1, 0.15) is 30.9 Å². The molecule has 0 spiro atoms. The van der Waals surface area contributed by atoms with Crippen molar-refractivity contribution >= 4 is 11.6 Å². The molecule has 100 valence electrons. The first-order valence-electron chi connectivity index (χ1n) is 6.90. The van der Waals surface area contributed by atoms with Crippen molar-refractivity contribution in [2.75, 3.05) is 20.1 Å². The molecule has 0 saturated carbocycles. The number of hydrogen-bond donors (Lipinski definition) is 1. The molecule has 1 aliphatic rings. The van der Waals surface area contributed by atoms with Crippen LogP contribution >= 0.6 is 11.6 Å². The number of aryl methyl sites for hydroxylation is 1. The second-order valence-corrected chi connectivity index (χ2v) is 5.48. The van der Waals surface area contributed by atoms with Gasteiger partial charge in [-0.25, -0.2) is 0 Å². The molecule has 0 bridgehead atoms. The second-order valence-electron chi connectivity index (χ2n) is 5.07. The Morgan fingerprint density at radius 3 is 2.67 bits per heavy atom. The first-order chi connectivity index (χ1) is 8.74.